The van der Waals surface area contributed by atoms with Crippen molar-refractivity contribution in [3.63, 3.8) is 0 Å². The van der Waals surface area contributed by atoms with Gasteiger partial charge in [-0.05, 0) is 18.2 Å². The van der Waals surface area contributed by atoms with Gasteiger partial charge in [0, 0.05) is 24.9 Å². The first-order valence-corrected chi connectivity index (χ1v) is 7.75. The molecule has 0 aliphatic carbocycles. The molecule has 1 amide bonds. The van der Waals surface area contributed by atoms with E-state index in [2.05, 4.69) is 25.6 Å². The summed E-state index contributed by atoms with van der Waals surface area (Å²) in [6, 6.07) is 3.99. The highest BCUT2D eigenvalue weighted by molar-refractivity contribution is 6.06. The second kappa shape index (κ2) is 7.44. The summed E-state index contributed by atoms with van der Waals surface area (Å²) in [4.78, 5) is 23.9. The molecule has 1 aliphatic heterocycles. The van der Waals surface area contributed by atoms with Crippen LogP contribution in [-0.4, -0.2) is 29.2 Å². The normalized spacial score (nSPS) is 13.3. The van der Waals surface area contributed by atoms with Crippen molar-refractivity contribution in [3.8, 4) is 5.88 Å². The van der Waals surface area contributed by atoms with Crippen LogP contribution in [-0.2, 0) is 11.0 Å². The van der Waals surface area contributed by atoms with Gasteiger partial charge in [-0.15, -0.1) is 0 Å². The second-order valence-electron chi connectivity index (χ2n) is 5.42. The fourth-order valence-corrected chi connectivity index (χ4v) is 2.23. The topological polar surface area (TPSA) is 88.5 Å². The molecule has 2 aromatic rings. The first-order valence-electron chi connectivity index (χ1n) is 7.75. The number of halogens is 3. The largest absolute Gasteiger partial charge is 0.481 e. The van der Waals surface area contributed by atoms with Gasteiger partial charge < -0.3 is 15.4 Å². The summed E-state index contributed by atoms with van der Waals surface area (Å²) in [6.45, 7) is 0. The molecule has 0 unspecified atom stereocenters. The second-order valence-corrected chi connectivity index (χ2v) is 5.42. The molecule has 0 bridgehead atoms. The lowest BCUT2D eigenvalue weighted by atomic mass is 10.2. The lowest BCUT2D eigenvalue weighted by molar-refractivity contribution is -0.137. The number of methoxy groups -OCH3 is 1. The summed E-state index contributed by atoms with van der Waals surface area (Å²) in [5, 5.41) is 5.25. The molecule has 1 aliphatic rings. The maximum Gasteiger partial charge on any atom is 0.417 e. The minimum Gasteiger partial charge on any atom is -0.481 e. The number of carbonyl (C=O) groups is 1. The molecule has 0 radical (unpaired) electrons. The van der Waals surface area contributed by atoms with Crippen molar-refractivity contribution in [3.05, 3.63) is 47.9 Å². The van der Waals surface area contributed by atoms with E-state index in [9.17, 15) is 18.0 Å². The van der Waals surface area contributed by atoms with Gasteiger partial charge in [0.2, 0.25) is 5.88 Å². The van der Waals surface area contributed by atoms with Gasteiger partial charge in [0.25, 0.3) is 5.91 Å². The highest BCUT2D eigenvalue weighted by Crippen LogP contribution is 2.33. The van der Waals surface area contributed by atoms with Crippen molar-refractivity contribution in [1.82, 2.24) is 9.97 Å². The molecule has 0 saturated carbocycles. The van der Waals surface area contributed by atoms with Crippen molar-refractivity contribution >= 4 is 29.3 Å². The minimum absolute atomic E-state index is 0.0332. The van der Waals surface area contributed by atoms with Crippen LogP contribution in [0.1, 0.15) is 12.0 Å². The maximum absolute atomic E-state index is 13.0. The van der Waals surface area contributed by atoms with Gasteiger partial charge in [-0.2, -0.15) is 13.2 Å². The molecule has 2 N–H and O–H groups in total. The van der Waals surface area contributed by atoms with Crippen LogP contribution >= 0.6 is 0 Å². The number of alkyl halides is 3. The fourth-order valence-electron chi connectivity index (χ4n) is 2.23. The minimum atomic E-state index is -4.60. The molecule has 2 aromatic heterocycles. The van der Waals surface area contributed by atoms with Crippen molar-refractivity contribution in [1.29, 1.82) is 0 Å². The molecule has 0 saturated heterocycles. The van der Waals surface area contributed by atoms with E-state index < -0.39 is 17.6 Å². The summed E-state index contributed by atoms with van der Waals surface area (Å²) < 4.78 is 44.0. The first-order chi connectivity index (χ1) is 12.9. The Morgan fingerprint density at radius 2 is 2.04 bits per heavy atom. The van der Waals surface area contributed by atoms with Crippen molar-refractivity contribution in [2.75, 3.05) is 17.7 Å². The summed E-state index contributed by atoms with van der Waals surface area (Å²) >= 11 is 0. The Morgan fingerprint density at radius 3 is 2.63 bits per heavy atom. The molecule has 7 nitrogen and oxygen atoms in total. The smallest absolute Gasteiger partial charge is 0.417 e. The Hall–Kier alpha value is -3.43. The van der Waals surface area contributed by atoms with Crippen LogP contribution in [0.3, 0.4) is 0 Å². The third-order valence-corrected chi connectivity index (χ3v) is 3.55. The van der Waals surface area contributed by atoms with Crippen LogP contribution in [0.2, 0.25) is 0 Å². The number of amides is 1. The Balaban J connectivity index is 1.91. The third kappa shape index (κ3) is 4.40. The predicted octanol–water partition coefficient (Wildman–Crippen LogP) is 3.54. The number of rotatable bonds is 5. The van der Waals surface area contributed by atoms with E-state index >= 15 is 0 Å². The van der Waals surface area contributed by atoms with Crippen LogP contribution in [0.25, 0.3) is 0 Å². The molecule has 140 valence electrons. The van der Waals surface area contributed by atoms with Crippen LogP contribution in [0.4, 0.5) is 30.4 Å². The fraction of sp³-hybridized carbons (Fsp3) is 0.176. The number of allylic oxidation sites excluding steroid dienone is 1. The molecule has 27 heavy (non-hydrogen) atoms. The number of anilines is 3. The van der Waals surface area contributed by atoms with E-state index in [0.717, 1.165) is 6.07 Å². The van der Waals surface area contributed by atoms with Crippen LogP contribution < -0.4 is 15.4 Å². The van der Waals surface area contributed by atoms with Gasteiger partial charge in [-0.1, -0.05) is 0 Å². The van der Waals surface area contributed by atoms with Crippen molar-refractivity contribution in [2.45, 2.75) is 12.6 Å². The zero-order valence-electron chi connectivity index (χ0n) is 14.0. The molecule has 0 aromatic carbocycles. The van der Waals surface area contributed by atoms with Gasteiger partial charge in [0.05, 0.1) is 30.2 Å². The molecule has 3 rings (SSSR count). The van der Waals surface area contributed by atoms with Gasteiger partial charge in [-0.3, -0.25) is 9.79 Å². The molecular formula is C17H14F3N5O2. The van der Waals surface area contributed by atoms with Crippen LogP contribution in [0.15, 0.2) is 47.4 Å². The molecule has 0 fully saturated rings. The summed E-state index contributed by atoms with van der Waals surface area (Å²) in [6.07, 6.45) is 1.09. The molecule has 0 atom stereocenters. The van der Waals surface area contributed by atoms with Crippen molar-refractivity contribution < 1.29 is 22.7 Å². The number of ether oxygens (including phenoxy) is 1. The van der Waals surface area contributed by atoms with Crippen molar-refractivity contribution in [2.24, 2.45) is 4.99 Å². The van der Waals surface area contributed by atoms with E-state index in [1.54, 1.807) is 18.2 Å². The van der Waals surface area contributed by atoms with Gasteiger partial charge >= 0.3 is 6.18 Å². The summed E-state index contributed by atoms with van der Waals surface area (Å²) in [7, 11) is 1.46. The van der Waals surface area contributed by atoms with E-state index in [1.807, 2.05) is 0 Å². The average molecular weight is 377 g/mol. The number of pyridine rings is 2. The Bertz CT molecular complexity index is 908. The van der Waals surface area contributed by atoms with E-state index in [1.165, 1.54) is 19.5 Å². The molecule has 3 heterocycles. The lowest BCUT2D eigenvalue weighted by Gasteiger charge is -2.15. The SMILES string of the molecule is COc1ccc(Nc2ncc(C(F)(F)F)cc2NC(=O)C2=CCC=N2)cn1. The average Bonchev–Trinajstić information content (AvgIpc) is 3.18. The molecular weight excluding hydrogens is 363 g/mol. The van der Waals surface area contributed by atoms with Crippen LogP contribution in [0, 0.1) is 0 Å². The van der Waals surface area contributed by atoms with Crippen LogP contribution in [0.5, 0.6) is 5.88 Å². The monoisotopic (exact) mass is 377 g/mol. The van der Waals surface area contributed by atoms with E-state index in [4.69, 9.17) is 4.74 Å². The standard InChI is InChI=1S/C17H14F3N5O2/c1-27-14-5-4-11(9-22-14)24-15-13(7-10(8-23-15)17(18,19)20)25-16(26)12-3-2-6-21-12/h3-9H,2H2,1H3,(H,23,24)(H,25,26). The zero-order valence-corrected chi connectivity index (χ0v) is 14.0. The lowest BCUT2D eigenvalue weighted by Crippen LogP contribution is -2.16. The number of hydrogen-bond acceptors (Lipinski definition) is 6. The number of nitrogens with zero attached hydrogens (tertiary/aromatic N) is 3. The molecule has 0 spiro atoms. The van der Waals surface area contributed by atoms with E-state index in [-0.39, 0.29) is 17.2 Å². The highest BCUT2D eigenvalue weighted by Gasteiger charge is 2.32. The molecule has 10 heteroatoms. The van der Waals surface area contributed by atoms with Gasteiger partial charge in [0.1, 0.15) is 5.70 Å². The van der Waals surface area contributed by atoms with Gasteiger partial charge in [0.15, 0.2) is 5.82 Å². The zero-order chi connectivity index (χ0) is 19.4. The van der Waals surface area contributed by atoms with Gasteiger partial charge in [-0.25, -0.2) is 9.97 Å². The maximum atomic E-state index is 13.0. The summed E-state index contributed by atoms with van der Waals surface area (Å²) in [5.41, 5.74) is -0.533. The summed E-state index contributed by atoms with van der Waals surface area (Å²) in [5.74, 6) is -0.216. The number of hydrogen-bond donors (Lipinski definition) is 2. The Kier molecular flexibility index (Phi) is 5.06. The Labute approximate surface area is 152 Å². The van der Waals surface area contributed by atoms with E-state index in [0.29, 0.717) is 24.2 Å². The number of aliphatic imine (C=N–C) groups is 1. The Morgan fingerprint density at radius 1 is 1.22 bits per heavy atom. The number of carbonyl (C=O) groups excluding carboxylic acids is 1. The number of nitrogens with one attached hydrogen (secondary N) is 2. The predicted molar refractivity (Wildman–Crippen MR) is 93.1 cm³/mol. The first kappa shape index (κ1) is 18.4. The highest BCUT2D eigenvalue weighted by atomic mass is 19.4. The number of aromatic nitrogens is 2. The quantitative estimate of drug-likeness (QED) is 0.832. The third-order valence-electron chi connectivity index (χ3n) is 3.55.